The second kappa shape index (κ2) is 6.79. The summed E-state index contributed by atoms with van der Waals surface area (Å²) in [6.45, 7) is 5.37. The highest BCUT2D eigenvalue weighted by Crippen LogP contribution is 2.33. The molecule has 1 aliphatic rings. The normalized spacial score (nSPS) is 16.4. The third-order valence-electron chi connectivity index (χ3n) is 4.11. The molecule has 3 rings (SSSR count). The van der Waals surface area contributed by atoms with Crippen LogP contribution in [-0.2, 0) is 21.2 Å². The van der Waals surface area contributed by atoms with Crippen LogP contribution in [0.25, 0.3) is 10.4 Å². The van der Waals surface area contributed by atoms with Crippen molar-refractivity contribution in [3.63, 3.8) is 0 Å². The standard InChI is InChI=1S/C16H20N2O4S2/c1-3-12-10-13(11(2)17-16(12)19)14-4-5-15(23-14)24(20,21)18-6-8-22-9-7-18/h4-5,10H,3,6-9H2,1-2H3,(H,17,19). The highest BCUT2D eigenvalue weighted by Gasteiger charge is 2.28. The van der Waals surface area contributed by atoms with Gasteiger partial charge in [-0.1, -0.05) is 6.92 Å². The molecule has 2 aromatic heterocycles. The molecule has 0 unspecified atom stereocenters. The molecule has 2 aromatic rings. The van der Waals surface area contributed by atoms with Crippen LogP contribution in [0.5, 0.6) is 0 Å². The van der Waals surface area contributed by atoms with E-state index in [1.807, 2.05) is 19.9 Å². The molecule has 0 aliphatic carbocycles. The Balaban J connectivity index is 1.98. The second-order valence-corrected chi connectivity index (χ2v) is 8.90. The molecule has 1 saturated heterocycles. The number of H-pyrrole nitrogens is 1. The number of aromatic nitrogens is 1. The van der Waals surface area contributed by atoms with E-state index in [1.54, 1.807) is 12.1 Å². The van der Waals surface area contributed by atoms with Gasteiger partial charge in [-0.05, 0) is 31.5 Å². The number of pyridine rings is 1. The number of sulfonamides is 1. The molecule has 0 saturated carbocycles. The highest BCUT2D eigenvalue weighted by molar-refractivity contribution is 7.91. The molecule has 1 fully saturated rings. The summed E-state index contributed by atoms with van der Waals surface area (Å²) in [6, 6.07) is 5.30. The number of thiophene rings is 1. The van der Waals surface area contributed by atoms with E-state index in [1.165, 1.54) is 15.6 Å². The molecule has 1 aliphatic heterocycles. The van der Waals surface area contributed by atoms with Crippen molar-refractivity contribution in [3.8, 4) is 10.4 Å². The topological polar surface area (TPSA) is 79.5 Å². The number of morpholine rings is 1. The second-order valence-electron chi connectivity index (χ2n) is 5.65. The lowest BCUT2D eigenvalue weighted by molar-refractivity contribution is 0.0731. The maximum atomic E-state index is 12.7. The summed E-state index contributed by atoms with van der Waals surface area (Å²) in [5.74, 6) is 0. The molecule has 3 heterocycles. The van der Waals surface area contributed by atoms with E-state index < -0.39 is 10.0 Å². The lowest BCUT2D eigenvalue weighted by Crippen LogP contribution is -2.40. The molecular weight excluding hydrogens is 348 g/mol. The van der Waals surface area contributed by atoms with Gasteiger partial charge in [0.1, 0.15) is 4.21 Å². The molecular formula is C16H20N2O4S2. The van der Waals surface area contributed by atoms with Gasteiger partial charge in [-0.3, -0.25) is 4.79 Å². The van der Waals surface area contributed by atoms with E-state index in [9.17, 15) is 13.2 Å². The van der Waals surface area contributed by atoms with Crippen LogP contribution in [-0.4, -0.2) is 44.0 Å². The SMILES string of the molecule is CCc1cc(-c2ccc(S(=O)(=O)N3CCOCC3)s2)c(C)[nH]c1=O. The molecule has 0 atom stereocenters. The predicted octanol–water partition coefficient (Wildman–Crippen LogP) is 2.00. The summed E-state index contributed by atoms with van der Waals surface area (Å²) in [6.07, 6.45) is 0.632. The van der Waals surface area contributed by atoms with Gasteiger partial charge in [-0.25, -0.2) is 8.42 Å². The fourth-order valence-electron chi connectivity index (χ4n) is 2.70. The van der Waals surface area contributed by atoms with Crippen LogP contribution in [0.15, 0.2) is 27.2 Å². The number of aryl methyl sites for hydroxylation is 2. The van der Waals surface area contributed by atoms with Crippen LogP contribution in [0, 0.1) is 6.92 Å². The summed E-state index contributed by atoms with van der Waals surface area (Å²) in [4.78, 5) is 15.5. The average molecular weight is 368 g/mol. The van der Waals surface area contributed by atoms with Gasteiger partial charge in [0, 0.05) is 34.8 Å². The van der Waals surface area contributed by atoms with Gasteiger partial charge in [0.15, 0.2) is 0 Å². The maximum absolute atomic E-state index is 12.7. The Morgan fingerprint density at radius 3 is 2.67 bits per heavy atom. The first-order valence-corrected chi connectivity index (χ1v) is 10.1. The Kier molecular flexibility index (Phi) is 4.91. The number of hydrogen-bond donors (Lipinski definition) is 1. The quantitative estimate of drug-likeness (QED) is 0.895. The number of rotatable bonds is 4. The summed E-state index contributed by atoms with van der Waals surface area (Å²) < 4.78 is 32.4. The van der Waals surface area contributed by atoms with Crippen molar-refractivity contribution in [1.29, 1.82) is 0 Å². The van der Waals surface area contributed by atoms with Gasteiger partial charge in [0.2, 0.25) is 0 Å². The number of ether oxygens (including phenoxy) is 1. The van der Waals surface area contributed by atoms with E-state index in [0.717, 1.165) is 16.1 Å². The van der Waals surface area contributed by atoms with Crippen molar-refractivity contribution in [2.24, 2.45) is 0 Å². The van der Waals surface area contributed by atoms with E-state index in [4.69, 9.17) is 4.74 Å². The van der Waals surface area contributed by atoms with Gasteiger partial charge in [0.25, 0.3) is 15.6 Å². The zero-order valence-electron chi connectivity index (χ0n) is 13.7. The van der Waals surface area contributed by atoms with Crippen molar-refractivity contribution in [2.75, 3.05) is 26.3 Å². The van der Waals surface area contributed by atoms with Crippen LogP contribution in [0.1, 0.15) is 18.2 Å². The summed E-state index contributed by atoms with van der Waals surface area (Å²) in [5.41, 5.74) is 2.23. The summed E-state index contributed by atoms with van der Waals surface area (Å²) in [7, 11) is -3.49. The molecule has 0 aromatic carbocycles. The molecule has 1 N–H and O–H groups in total. The number of aromatic amines is 1. The molecule has 0 spiro atoms. The minimum Gasteiger partial charge on any atom is -0.379 e. The largest absolute Gasteiger partial charge is 0.379 e. The Morgan fingerprint density at radius 2 is 2.00 bits per heavy atom. The number of hydrogen-bond acceptors (Lipinski definition) is 5. The minimum absolute atomic E-state index is 0.0866. The Labute approximate surface area is 145 Å². The van der Waals surface area contributed by atoms with Crippen molar-refractivity contribution in [2.45, 2.75) is 24.5 Å². The van der Waals surface area contributed by atoms with Crippen LogP contribution in [0.4, 0.5) is 0 Å². The Bertz CT molecular complexity index is 893. The lowest BCUT2D eigenvalue weighted by Gasteiger charge is -2.25. The van der Waals surface area contributed by atoms with Crippen LogP contribution < -0.4 is 5.56 Å². The first kappa shape index (κ1) is 17.3. The maximum Gasteiger partial charge on any atom is 0.252 e. The highest BCUT2D eigenvalue weighted by atomic mass is 32.2. The fourth-order valence-corrected chi connectivity index (χ4v) is 5.64. The lowest BCUT2D eigenvalue weighted by atomic mass is 10.1. The fraction of sp³-hybridized carbons (Fsp3) is 0.438. The minimum atomic E-state index is -3.49. The summed E-state index contributed by atoms with van der Waals surface area (Å²) >= 11 is 1.23. The zero-order chi connectivity index (χ0) is 17.3. The molecule has 8 heteroatoms. The molecule has 0 bridgehead atoms. The molecule has 0 radical (unpaired) electrons. The van der Waals surface area contributed by atoms with Gasteiger partial charge >= 0.3 is 0 Å². The molecule has 6 nitrogen and oxygen atoms in total. The third-order valence-corrected chi connectivity index (χ3v) is 7.59. The smallest absolute Gasteiger partial charge is 0.252 e. The van der Waals surface area contributed by atoms with E-state index in [0.29, 0.717) is 42.5 Å². The van der Waals surface area contributed by atoms with E-state index >= 15 is 0 Å². The van der Waals surface area contributed by atoms with Gasteiger partial charge in [-0.2, -0.15) is 4.31 Å². The van der Waals surface area contributed by atoms with Crippen LogP contribution >= 0.6 is 11.3 Å². The molecule has 0 amide bonds. The first-order valence-electron chi connectivity index (χ1n) is 7.84. The summed E-state index contributed by atoms with van der Waals surface area (Å²) in [5, 5.41) is 0. The van der Waals surface area contributed by atoms with Gasteiger partial charge in [0.05, 0.1) is 13.2 Å². The number of nitrogens with one attached hydrogen (secondary N) is 1. The van der Waals surface area contributed by atoms with E-state index in [-0.39, 0.29) is 5.56 Å². The van der Waals surface area contributed by atoms with Crippen molar-refractivity contribution >= 4 is 21.4 Å². The molecule has 130 valence electrons. The average Bonchev–Trinajstić information content (AvgIpc) is 3.06. The Hall–Kier alpha value is -1.48. The van der Waals surface area contributed by atoms with Gasteiger partial charge < -0.3 is 9.72 Å². The Morgan fingerprint density at radius 1 is 1.29 bits per heavy atom. The molecule has 24 heavy (non-hydrogen) atoms. The van der Waals surface area contributed by atoms with Crippen molar-refractivity contribution in [1.82, 2.24) is 9.29 Å². The van der Waals surface area contributed by atoms with E-state index in [2.05, 4.69) is 4.98 Å². The number of nitrogens with zero attached hydrogens (tertiary/aromatic N) is 1. The monoisotopic (exact) mass is 368 g/mol. The van der Waals surface area contributed by atoms with Crippen LogP contribution in [0.2, 0.25) is 0 Å². The van der Waals surface area contributed by atoms with Crippen molar-refractivity contribution in [3.05, 3.63) is 39.8 Å². The zero-order valence-corrected chi connectivity index (χ0v) is 15.3. The third kappa shape index (κ3) is 3.19. The van der Waals surface area contributed by atoms with Gasteiger partial charge in [-0.15, -0.1) is 11.3 Å². The van der Waals surface area contributed by atoms with Crippen molar-refractivity contribution < 1.29 is 13.2 Å². The first-order chi connectivity index (χ1) is 11.4. The predicted molar refractivity (Wildman–Crippen MR) is 94.1 cm³/mol. The van der Waals surface area contributed by atoms with Crippen LogP contribution in [0.3, 0.4) is 0 Å².